The maximum absolute atomic E-state index is 3.51. The van der Waals surface area contributed by atoms with E-state index in [0.717, 1.165) is 18.5 Å². The summed E-state index contributed by atoms with van der Waals surface area (Å²) in [5.74, 6) is 0.772. The van der Waals surface area contributed by atoms with Gasteiger partial charge in [-0.15, -0.1) is 0 Å². The average Bonchev–Trinajstić information content (AvgIpc) is 2.27. The molecule has 1 rings (SSSR count). The van der Waals surface area contributed by atoms with E-state index in [4.69, 9.17) is 0 Å². The van der Waals surface area contributed by atoms with Crippen molar-refractivity contribution in [2.24, 2.45) is 5.92 Å². The van der Waals surface area contributed by atoms with Crippen LogP contribution in [0.1, 0.15) is 33.6 Å². The highest BCUT2D eigenvalue weighted by Gasteiger charge is 2.19. The summed E-state index contributed by atoms with van der Waals surface area (Å²) in [6.45, 7) is 14.2. The van der Waals surface area contributed by atoms with E-state index in [9.17, 15) is 0 Å². The summed E-state index contributed by atoms with van der Waals surface area (Å²) in [5, 5.41) is 3.51. The van der Waals surface area contributed by atoms with Gasteiger partial charge in [-0.2, -0.15) is 0 Å². The summed E-state index contributed by atoms with van der Waals surface area (Å²) in [4.78, 5) is 5.08. The molecule has 1 atom stereocenters. The van der Waals surface area contributed by atoms with E-state index in [0.29, 0.717) is 0 Å². The molecule has 0 aromatic carbocycles. The van der Waals surface area contributed by atoms with Gasteiger partial charge in [0.15, 0.2) is 0 Å². The van der Waals surface area contributed by atoms with Crippen LogP contribution in [0.15, 0.2) is 0 Å². The van der Waals surface area contributed by atoms with Gasteiger partial charge in [0.2, 0.25) is 0 Å². The minimum absolute atomic E-state index is 0.725. The molecule has 3 nitrogen and oxygen atoms in total. The molecule has 3 heteroatoms. The van der Waals surface area contributed by atoms with Gasteiger partial charge in [0, 0.05) is 25.7 Å². The van der Waals surface area contributed by atoms with Crippen molar-refractivity contribution in [2.75, 3.05) is 46.3 Å². The number of hydrogen-bond donors (Lipinski definition) is 1. The zero-order valence-electron chi connectivity index (χ0n) is 12.2. The van der Waals surface area contributed by atoms with Crippen LogP contribution in [0.3, 0.4) is 0 Å². The van der Waals surface area contributed by atoms with E-state index in [1.165, 1.54) is 45.6 Å². The predicted octanol–water partition coefficient (Wildman–Crippen LogP) is 1.65. The van der Waals surface area contributed by atoms with Crippen molar-refractivity contribution in [3.8, 4) is 0 Å². The fraction of sp³-hybridized carbons (Fsp3) is 1.00. The lowest BCUT2D eigenvalue weighted by molar-refractivity contribution is 0.104. The third-order valence-electron chi connectivity index (χ3n) is 3.67. The Kier molecular flexibility index (Phi) is 7.09. The molecule has 0 aromatic heterocycles. The van der Waals surface area contributed by atoms with E-state index in [1.807, 2.05) is 0 Å². The van der Waals surface area contributed by atoms with Crippen molar-refractivity contribution in [3.05, 3.63) is 0 Å². The Morgan fingerprint density at radius 2 is 2.00 bits per heavy atom. The summed E-state index contributed by atoms with van der Waals surface area (Å²) < 4.78 is 0. The van der Waals surface area contributed by atoms with Gasteiger partial charge in [0.1, 0.15) is 0 Å². The first-order chi connectivity index (χ1) is 8.09. The Bertz CT molecular complexity index is 194. The largest absolute Gasteiger partial charge is 0.316 e. The van der Waals surface area contributed by atoms with Crippen molar-refractivity contribution in [1.82, 2.24) is 15.1 Å². The van der Waals surface area contributed by atoms with Gasteiger partial charge in [0.25, 0.3) is 0 Å². The van der Waals surface area contributed by atoms with Crippen LogP contribution >= 0.6 is 0 Å². The molecule has 1 heterocycles. The topological polar surface area (TPSA) is 18.5 Å². The number of hydrogen-bond acceptors (Lipinski definition) is 3. The number of unbranched alkanes of at least 4 members (excludes halogenated alkanes) is 1. The Morgan fingerprint density at radius 1 is 1.24 bits per heavy atom. The van der Waals surface area contributed by atoms with Gasteiger partial charge in [-0.05, 0) is 52.4 Å². The van der Waals surface area contributed by atoms with Crippen LogP contribution in [0.5, 0.6) is 0 Å². The molecule has 1 N–H and O–H groups in total. The second kappa shape index (κ2) is 8.06. The van der Waals surface area contributed by atoms with Gasteiger partial charge in [-0.25, -0.2) is 0 Å². The molecule has 1 fully saturated rings. The summed E-state index contributed by atoms with van der Waals surface area (Å²) >= 11 is 0. The molecular formula is C14H31N3. The molecule has 1 unspecified atom stereocenters. The van der Waals surface area contributed by atoms with Crippen LogP contribution in [-0.2, 0) is 0 Å². The van der Waals surface area contributed by atoms with Crippen LogP contribution in [0.25, 0.3) is 0 Å². The molecular weight excluding hydrogens is 210 g/mol. The normalized spacial score (nSPS) is 23.5. The molecule has 1 aliphatic rings. The molecule has 1 saturated heterocycles. The highest BCUT2D eigenvalue weighted by molar-refractivity contribution is 4.76. The summed E-state index contributed by atoms with van der Waals surface area (Å²) in [6.07, 6.45) is 2.65. The van der Waals surface area contributed by atoms with Crippen LogP contribution in [0.2, 0.25) is 0 Å². The second-order valence-corrected chi connectivity index (χ2v) is 5.94. The highest BCUT2D eigenvalue weighted by Crippen LogP contribution is 2.07. The van der Waals surface area contributed by atoms with Crippen molar-refractivity contribution >= 4 is 0 Å². The molecule has 0 bridgehead atoms. The first kappa shape index (κ1) is 14.9. The minimum Gasteiger partial charge on any atom is -0.316 e. The maximum atomic E-state index is 3.51. The van der Waals surface area contributed by atoms with Gasteiger partial charge in [0.05, 0.1) is 0 Å². The van der Waals surface area contributed by atoms with E-state index in [1.54, 1.807) is 0 Å². The zero-order chi connectivity index (χ0) is 12.7. The van der Waals surface area contributed by atoms with E-state index in [-0.39, 0.29) is 0 Å². The summed E-state index contributed by atoms with van der Waals surface area (Å²) in [7, 11) is 2.23. The Balaban J connectivity index is 1.96. The van der Waals surface area contributed by atoms with Gasteiger partial charge >= 0.3 is 0 Å². The standard InChI is InChI=1S/C14H31N3/c1-13(2)11-15-7-5-6-8-17-10-9-16(4)14(3)12-17/h13-15H,5-12H2,1-4H3. The lowest BCUT2D eigenvalue weighted by Crippen LogP contribution is -2.50. The van der Waals surface area contributed by atoms with Crippen molar-refractivity contribution in [3.63, 3.8) is 0 Å². The summed E-state index contributed by atoms with van der Waals surface area (Å²) in [6, 6.07) is 0.725. The summed E-state index contributed by atoms with van der Waals surface area (Å²) in [5.41, 5.74) is 0. The Morgan fingerprint density at radius 3 is 2.65 bits per heavy atom. The zero-order valence-corrected chi connectivity index (χ0v) is 12.2. The van der Waals surface area contributed by atoms with Crippen LogP contribution in [0, 0.1) is 5.92 Å². The third kappa shape index (κ3) is 6.39. The third-order valence-corrected chi connectivity index (χ3v) is 3.67. The Hall–Kier alpha value is -0.120. The van der Waals surface area contributed by atoms with E-state index in [2.05, 4.69) is 42.9 Å². The first-order valence-electron chi connectivity index (χ1n) is 7.23. The van der Waals surface area contributed by atoms with Gasteiger partial charge in [-0.1, -0.05) is 13.8 Å². The van der Waals surface area contributed by atoms with Crippen molar-refractivity contribution in [2.45, 2.75) is 39.7 Å². The molecule has 0 saturated carbocycles. The SMILES string of the molecule is CC(C)CNCCCCN1CCN(C)C(C)C1. The number of rotatable bonds is 7. The van der Waals surface area contributed by atoms with Crippen molar-refractivity contribution in [1.29, 1.82) is 0 Å². The van der Waals surface area contributed by atoms with Gasteiger partial charge < -0.3 is 15.1 Å². The van der Waals surface area contributed by atoms with E-state index < -0.39 is 0 Å². The first-order valence-corrected chi connectivity index (χ1v) is 7.23. The maximum Gasteiger partial charge on any atom is 0.0192 e. The molecule has 102 valence electrons. The fourth-order valence-corrected chi connectivity index (χ4v) is 2.30. The predicted molar refractivity (Wildman–Crippen MR) is 75.5 cm³/mol. The van der Waals surface area contributed by atoms with E-state index >= 15 is 0 Å². The van der Waals surface area contributed by atoms with Gasteiger partial charge in [-0.3, -0.25) is 0 Å². The minimum atomic E-state index is 0.725. The van der Waals surface area contributed by atoms with Crippen LogP contribution in [0.4, 0.5) is 0 Å². The van der Waals surface area contributed by atoms with Crippen LogP contribution < -0.4 is 5.32 Å². The fourth-order valence-electron chi connectivity index (χ4n) is 2.30. The number of nitrogens with one attached hydrogen (secondary N) is 1. The molecule has 0 spiro atoms. The lowest BCUT2D eigenvalue weighted by atomic mass is 10.2. The van der Waals surface area contributed by atoms with Crippen LogP contribution in [-0.4, -0.2) is 62.2 Å². The molecule has 0 aromatic rings. The molecule has 1 aliphatic heterocycles. The highest BCUT2D eigenvalue weighted by atomic mass is 15.3. The number of piperazine rings is 1. The smallest absolute Gasteiger partial charge is 0.0192 e. The number of nitrogens with zero attached hydrogens (tertiary/aromatic N) is 2. The van der Waals surface area contributed by atoms with Crippen molar-refractivity contribution < 1.29 is 0 Å². The molecule has 0 aliphatic carbocycles. The Labute approximate surface area is 108 Å². The lowest BCUT2D eigenvalue weighted by Gasteiger charge is -2.37. The monoisotopic (exact) mass is 241 g/mol. The average molecular weight is 241 g/mol. The number of likely N-dealkylation sites (N-methyl/N-ethyl adjacent to an activating group) is 1. The molecule has 0 amide bonds. The quantitative estimate of drug-likeness (QED) is 0.684. The second-order valence-electron chi connectivity index (χ2n) is 5.94. The molecule has 0 radical (unpaired) electrons. The molecule has 17 heavy (non-hydrogen) atoms.